The van der Waals surface area contributed by atoms with Crippen molar-refractivity contribution in [3.63, 3.8) is 0 Å². The van der Waals surface area contributed by atoms with Crippen molar-refractivity contribution in [2.75, 3.05) is 23.9 Å². The van der Waals surface area contributed by atoms with E-state index in [1.54, 1.807) is 12.1 Å². The third kappa shape index (κ3) is 3.15. The van der Waals surface area contributed by atoms with Gasteiger partial charge in [-0.25, -0.2) is 17.2 Å². The predicted molar refractivity (Wildman–Crippen MR) is 102 cm³/mol. The molecule has 1 atom stereocenters. The van der Waals surface area contributed by atoms with Gasteiger partial charge in [0.05, 0.1) is 16.5 Å². The number of piperidine rings is 1. The lowest BCUT2D eigenvalue weighted by Gasteiger charge is -2.35. The van der Waals surface area contributed by atoms with Crippen LogP contribution < -0.4 is 4.31 Å². The van der Waals surface area contributed by atoms with E-state index < -0.39 is 32.8 Å². The molecule has 1 saturated heterocycles. The van der Waals surface area contributed by atoms with Gasteiger partial charge in [0, 0.05) is 19.6 Å². The van der Waals surface area contributed by atoms with Crippen molar-refractivity contribution in [2.24, 2.45) is 0 Å². The number of anilines is 1. The van der Waals surface area contributed by atoms with Crippen LogP contribution in [0.2, 0.25) is 0 Å². The summed E-state index contributed by atoms with van der Waals surface area (Å²) in [5.41, 5.74) is 1.29. The standard InChI is InChI=1S/C20H20F2N2O3S/c21-17-8-3-7-16(19(17)22)20(25)23-11-4-6-15(13-23)28(26,27)24-12-10-14-5-1-2-9-18(14)24/h1-3,5,7-9,15H,4,6,10-13H2/t15-/m0/s1. The minimum atomic E-state index is -3.67. The maximum Gasteiger partial charge on any atom is 0.256 e. The molecule has 0 aliphatic carbocycles. The van der Waals surface area contributed by atoms with Gasteiger partial charge in [-0.15, -0.1) is 0 Å². The van der Waals surface area contributed by atoms with Crippen LogP contribution in [0.1, 0.15) is 28.8 Å². The van der Waals surface area contributed by atoms with Crippen LogP contribution in [0.15, 0.2) is 42.5 Å². The summed E-state index contributed by atoms with van der Waals surface area (Å²) < 4.78 is 55.4. The Hall–Kier alpha value is -2.48. The molecule has 8 heteroatoms. The van der Waals surface area contributed by atoms with Crippen LogP contribution in [-0.2, 0) is 16.4 Å². The van der Waals surface area contributed by atoms with E-state index in [-0.39, 0.29) is 12.1 Å². The van der Waals surface area contributed by atoms with Crippen LogP contribution in [0, 0.1) is 11.6 Å². The number of carbonyl (C=O) groups is 1. The van der Waals surface area contributed by atoms with Crippen LogP contribution in [-0.4, -0.2) is 44.1 Å². The van der Waals surface area contributed by atoms with Gasteiger partial charge >= 0.3 is 0 Å². The molecule has 0 N–H and O–H groups in total. The second-order valence-corrected chi connectivity index (χ2v) is 9.25. The number of likely N-dealkylation sites (tertiary alicyclic amines) is 1. The molecule has 2 aliphatic rings. The first kappa shape index (κ1) is 18.9. The molecule has 5 nitrogen and oxygen atoms in total. The Balaban J connectivity index is 1.57. The van der Waals surface area contributed by atoms with Gasteiger partial charge in [0.25, 0.3) is 5.91 Å². The van der Waals surface area contributed by atoms with E-state index in [1.807, 2.05) is 12.1 Å². The summed E-state index contributed by atoms with van der Waals surface area (Å²) in [6.07, 6.45) is 1.57. The van der Waals surface area contributed by atoms with Gasteiger partial charge in [0.1, 0.15) is 0 Å². The molecule has 0 radical (unpaired) electrons. The molecule has 0 bridgehead atoms. The highest BCUT2D eigenvalue weighted by Gasteiger charge is 2.39. The lowest BCUT2D eigenvalue weighted by molar-refractivity contribution is 0.0721. The summed E-state index contributed by atoms with van der Waals surface area (Å²) >= 11 is 0. The molecule has 28 heavy (non-hydrogen) atoms. The molecule has 2 aromatic rings. The number of fused-ring (bicyclic) bond motifs is 1. The molecular formula is C20H20F2N2O3S. The molecular weight excluding hydrogens is 386 g/mol. The first-order valence-corrected chi connectivity index (χ1v) is 10.7. The summed E-state index contributed by atoms with van der Waals surface area (Å²) in [5.74, 6) is -2.98. The second kappa shape index (κ2) is 7.16. The van der Waals surface area contributed by atoms with Crippen molar-refractivity contribution in [3.05, 3.63) is 65.2 Å². The Kier molecular flexibility index (Phi) is 4.82. The first-order valence-electron chi connectivity index (χ1n) is 9.22. The Morgan fingerprint density at radius 1 is 1.04 bits per heavy atom. The zero-order valence-electron chi connectivity index (χ0n) is 15.1. The summed E-state index contributed by atoms with van der Waals surface area (Å²) in [6, 6.07) is 10.8. The molecule has 4 rings (SSSR count). The largest absolute Gasteiger partial charge is 0.337 e. The fourth-order valence-corrected chi connectivity index (χ4v) is 5.95. The maximum absolute atomic E-state index is 14.0. The molecule has 0 unspecified atom stereocenters. The van der Waals surface area contributed by atoms with E-state index in [0.717, 1.165) is 11.6 Å². The molecule has 2 aromatic carbocycles. The Labute approximate surface area is 162 Å². The molecule has 2 heterocycles. The van der Waals surface area contributed by atoms with Gasteiger partial charge in [0.15, 0.2) is 11.6 Å². The molecule has 0 spiro atoms. The fraction of sp³-hybridized carbons (Fsp3) is 0.350. The SMILES string of the molecule is O=C(c1cccc(F)c1F)N1CCC[C@H](S(=O)(=O)N2CCc3ccccc32)C1. The second-order valence-electron chi connectivity index (χ2n) is 7.11. The van der Waals surface area contributed by atoms with Crippen molar-refractivity contribution in [3.8, 4) is 0 Å². The average Bonchev–Trinajstić information content (AvgIpc) is 3.15. The topological polar surface area (TPSA) is 57.7 Å². The summed E-state index contributed by atoms with van der Waals surface area (Å²) in [6.45, 7) is 0.665. The number of halogens is 2. The van der Waals surface area contributed by atoms with Crippen LogP contribution in [0.5, 0.6) is 0 Å². The zero-order chi connectivity index (χ0) is 19.9. The van der Waals surface area contributed by atoms with Gasteiger partial charge in [0.2, 0.25) is 10.0 Å². The van der Waals surface area contributed by atoms with Gasteiger partial charge in [-0.05, 0) is 43.0 Å². The number of amides is 1. The molecule has 1 amide bonds. The van der Waals surface area contributed by atoms with Crippen molar-refractivity contribution >= 4 is 21.6 Å². The minimum absolute atomic E-state index is 0.0320. The molecule has 0 saturated carbocycles. The van der Waals surface area contributed by atoms with Crippen LogP contribution in [0.3, 0.4) is 0 Å². The van der Waals surface area contributed by atoms with Crippen molar-refractivity contribution in [1.82, 2.24) is 4.90 Å². The quantitative estimate of drug-likeness (QED) is 0.788. The minimum Gasteiger partial charge on any atom is -0.337 e. The third-order valence-corrected chi connectivity index (χ3v) is 7.64. The van der Waals surface area contributed by atoms with Crippen molar-refractivity contribution in [2.45, 2.75) is 24.5 Å². The van der Waals surface area contributed by atoms with E-state index in [1.165, 1.54) is 21.3 Å². The summed E-state index contributed by atoms with van der Waals surface area (Å²) in [4.78, 5) is 14.0. The van der Waals surface area contributed by atoms with Gasteiger partial charge in [-0.1, -0.05) is 24.3 Å². The monoisotopic (exact) mass is 406 g/mol. The summed E-state index contributed by atoms with van der Waals surface area (Å²) in [7, 11) is -3.67. The molecule has 1 fully saturated rings. The zero-order valence-corrected chi connectivity index (χ0v) is 16.0. The number of nitrogens with zero attached hydrogens (tertiary/aromatic N) is 2. The smallest absolute Gasteiger partial charge is 0.256 e. The number of hydrogen-bond donors (Lipinski definition) is 0. The molecule has 2 aliphatic heterocycles. The number of rotatable bonds is 3. The Bertz CT molecular complexity index is 1030. The number of benzene rings is 2. The normalized spacial score (nSPS) is 19.6. The van der Waals surface area contributed by atoms with Gasteiger partial charge < -0.3 is 4.90 Å². The van der Waals surface area contributed by atoms with Crippen molar-refractivity contribution < 1.29 is 22.0 Å². The number of hydrogen-bond acceptors (Lipinski definition) is 3. The Morgan fingerprint density at radius 3 is 2.64 bits per heavy atom. The average molecular weight is 406 g/mol. The van der Waals surface area contributed by atoms with Crippen LogP contribution in [0.4, 0.5) is 14.5 Å². The van der Waals surface area contributed by atoms with Gasteiger partial charge in [-0.2, -0.15) is 0 Å². The molecule has 148 valence electrons. The lowest BCUT2D eigenvalue weighted by Crippen LogP contribution is -2.49. The first-order chi connectivity index (χ1) is 13.4. The fourth-order valence-electron chi connectivity index (χ4n) is 3.96. The van der Waals surface area contributed by atoms with Crippen LogP contribution in [0.25, 0.3) is 0 Å². The highest BCUT2D eigenvalue weighted by Crippen LogP contribution is 2.33. The molecule has 0 aromatic heterocycles. The number of sulfonamides is 1. The number of carbonyl (C=O) groups excluding carboxylic acids is 1. The van der Waals surface area contributed by atoms with Gasteiger partial charge in [-0.3, -0.25) is 9.10 Å². The number of para-hydroxylation sites is 1. The highest BCUT2D eigenvalue weighted by molar-refractivity contribution is 7.93. The Morgan fingerprint density at radius 2 is 1.82 bits per heavy atom. The van der Waals surface area contributed by atoms with E-state index in [9.17, 15) is 22.0 Å². The highest BCUT2D eigenvalue weighted by atomic mass is 32.2. The van der Waals surface area contributed by atoms with Crippen molar-refractivity contribution in [1.29, 1.82) is 0 Å². The van der Waals surface area contributed by atoms with E-state index in [0.29, 0.717) is 38.0 Å². The summed E-state index contributed by atoms with van der Waals surface area (Å²) in [5, 5.41) is -0.770. The third-order valence-electron chi connectivity index (χ3n) is 5.42. The predicted octanol–water partition coefficient (Wildman–Crippen LogP) is 2.96. The maximum atomic E-state index is 14.0. The van der Waals surface area contributed by atoms with E-state index in [2.05, 4.69) is 0 Å². The lowest BCUT2D eigenvalue weighted by atomic mass is 10.1. The van der Waals surface area contributed by atoms with E-state index in [4.69, 9.17) is 0 Å². The van der Waals surface area contributed by atoms with E-state index >= 15 is 0 Å². The van der Waals surface area contributed by atoms with Crippen LogP contribution >= 0.6 is 0 Å².